The molecule has 18 heteroatoms. The highest BCUT2D eigenvalue weighted by molar-refractivity contribution is 14.1. The molecule has 0 fully saturated rings. The van der Waals surface area contributed by atoms with Crippen LogP contribution in [0.25, 0.3) is 0 Å². The summed E-state index contributed by atoms with van der Waals surface area (Å²) in [5.74, 6) is 6.19. The van der Waals surface area contributed by atoms with Crippen LogP contribution in [0.2, 0.25) is 5.02 Å². The molecule has 16 aromatic rings. The molecule has 16 aromatic carbocycles. The van der Waals surface area contributed by atoms with Crippen molar-refractivity contribution in [3.63, 3.8) is 0 Å². The van der Waals surface area contributed by atoms with Gasteiger partial charge in [0.05, 0.1) is 55.7 Å². The number of hydrogen-bond donors (Lipinski definition) is 0. The van der Waals surface area contributed by atoms with Crippen LogP contribution in [0.3, 0.4) is 0 Å². The Morgan fingerprint density at radius 3 is 0.695 bits per heavy atom. The lowest BCUT2D eigenvalue weighted by Gasteiger charge is -2.11. The van der Waals surface area contributed by atoms with Gasteiger partial charge in [0.2, 0.25) is 27.2 Å². The second kappa shape index (κ2) is 46.5. The van der Waals surface area contributed by atoms with Gasteiger partial charge in [0.15, 0.2) is 58.7 Å². The number of hydrogen-bond acceptors (Lipinski definition) is 8. The van der Waals surface area contributed by atoms with Gasteiger partial charge in [0, 0.05) is 11.6 Å². The predicted molar refractivity (Wildman–Crippen MR) is 520 cm³/mol. The average molecular weight is 2160 g/mol. The SMILES string of the molecule is Brc1ccc(OCOc2ccc([S+](c3ccccc3)c3ccccc3)cc2)c(I)c1.Clc1cc(I)ccc1OCOc1ccc([S+](c2ccccc2)c2ccccc2)cc1.Ic1ccc(OCOc2ccc([S+](c3ccccc3)c3ccccc3)cc2)cc1.Ic1ccccc1OCOc1ccc([S+](c2ccccc2)c2ccccc2)cc1. The number of halogens is 6. The summed E-state index contributed by atoms with van der Waals surface area (Å²) in [5.41, 5.74) is 0. The molecule has 0 spiro atoms. The minimum Gasteiger partial charge on any atom is -0.458 e. The van der Waals surface area contributed by atoms with E-state index in [9.17, 15) is 0 Å². The Balaban J connectivity index is 0.000000136. The fourth-order valence-electron chi connectivity index (χ4n) is 11.7. The second-order valence-electron chi connectivity index (χ2n) is 25.3. The zero-order valence-electron chi connectivity index (χ0n) is 63.4. The van der Waals surface area contributed by atoms with Crippen LogP contribution in [0.1, 0.15) is 0 Å². The molecule has 0 amide bonds. The van der Waals surface area contributed by atoms with Crippen LogP contribution in [-0.2, 0) is 43.6 Å². The first kappa shape index (κ1) is 86.8. The topological polar surface area (TPSA) is 73.8 Å². The van der Waals surface area contributed by atoms with Crippen molar-refractivity contribution >= 4 is 161 Å². The second-order valence-corrected chi connectivity index (χ2v) is 39.5. The molecule has 8 nitrogen and oxygen atoms in total. The maximum absolute atomic E-state index is 6.20. The first-order valence-corrected chi connectivity index (χ1v) is 47.6. The van der Waals surface area contributed by atoms with Crippen molar-refractivity contribution in [2.75, 3.05) is 27.2 Å². The molecule has 0 atom stereocenters. The van der Waals surface area contributed by atoms with Gasteiger partial charge in [0.1, 0.15) is 46.0 Å². The summed E-state index contributed by atoms with van der Waals surface area (Å²) < 4.78 is 51.3. The third-order valence-corrected chi connectivity index (χ3v) is 30.1. The molecule has 588 valence electrons. The third-order valence-electron chi connectivity index (χ3n) is 17.3. The van der Waals surface area contributed by atoms with E-state index >= 15 is 0 Å². The molecule has 118 heavy (non-hydrogen) atoms. The molecule has 0 aromatic heterocycles. The molecule has 16 rings (SSSR count). The van der Waals surface area contributed by atoms with Crippen LogP contribution in [0.4, 0.5) is 0 Å². The van der Waals surface area contributed by atoms with Crippen molar-refractivity contribution < 1.29 is 37.9 Å². The van der Waals surface area contributed by atoms with E-state index in [0.29, 0.717) is 10.8 Å². The zero-order chi connectivity index (χ0) is 81.3. The highest BCUT2D eigenvalue weighted by atomic mass is 127. The van der Waals surface area contributed by atoms with Crippen LogP contribution >= 0.6 is 118 Å². The fourth-order valence-corrected chi connectivity index (χ4v) is 23.3. The predicted octanol–water partition coefficient (Wildman–Crippen LogP) is 28.6. The van der Waals surface area contributed by atoms with E-state index in [1.54, 1.807) is 0 Å². The monoisotopic (exact) mass is 2160 g/mol. The van der Waals surface area contributed by atoms with Crippen molar-refractivity contribution in [3.8, 4) is 46.0 Å². The highest BCUT2D eigenvalue weighted by Crippen LogP contribution is 2.38. The first-order valence-electron chi connectivity index (χ1n) is 37.2. The van der Waals surface area contributed by atoms with Gasteiger partial charge in [-0.15, -0.1) is 0 Å². The molecule has 0 aliphatic carbocycles. The molecular weight excluding hydrogens is 2080 g/mol. The Kier molecular flexibility index (Phi) is 34.3. The normalized spacial score (nSPS) is 10.7. The average Bonchev–Trinajstić information content (AvgIpc) is 0.826. The van der Waals surface area contributed by atoms with Gasteiger partial charge in [-0.25, -0.2) is 0 Å². The maximum atomic E-state index is 6.20. The minimum atomic E-state index is -0.169. The Hall–Kier alpha value is -8.99. The third kappa shape index (κ3) is 26.3. The van der Waals surface area contributed by atoms with Gasteiger partial charge < -0.3 is 37.9 Å². The van der Waals surface area contributed by atoms with Crippen LogP contribution in [0.5, 0.6) is 46.0 Å². The molecule has 0 saturated carbocycles. The Morgan fingerprint density at radius 1 is 0.203 bits per heavy atom. The van der Waals surface area contributed by atoms with E-state index in [4.69, 9.17) is 49.5 Å². The summed E-state index contributed by atoms with van der Waals surface area (Å²) in [5, 5.41) is 0.579. The van der Waals surface area contributed by atoms with Gasteiger partial charge >= 0.3 is 0 Å². The van der Waals surface area contributed by atoms with Crippen LogP contribution in [0, 0.1) is 14.3 Å². The Labute approximate surface area is 770 Å². The van der Waals surface area contributed by atoms with Gasteiger partial charge in [-0.2, -0.15) is 0 Å². The summed E-state index contributed by atoms with van der Waals surface area (Å²) in [6, 6.07) is 145. The highest BCUT2D eigenvalue weighted by Gasteiger charge is 2.32. The summed E-state index contributed by atoms with van der Waals surface area (Å²) in [7, 11) is -0.622. The van der Waals surface area contributed by atoms with Crippen molar-refractivity contribution in [3.05, 3.63) is 448 Å². The van der Waals surface area contributed by atoms with Crippen LogP contribution < -0.4 is 37.9 Å². The van der Waals surface area contributed by atoms with E-state index in [1.165, 1.54) is 62.3 Å². The molecular formula is C100H78BrClI4O8S4+4. The number of para-hydroxylation sites is 1. The number of rotatable bonds is 28. The smallest absolute Gasteiger partial charge is 0.230 e. The van der Waals surface area contributed by atoms with E-state index in [-0.39, 0.29) is 70.8 Å². The van der Waals surface area contributed by atoms with Gasteiger partial charge in [-0.05, 0) is 357 Å². The zero-order valence-corrected chi connectivity index (χ0v) is 77.6. The summed E-state index contributed by atoms with van der Waals surface area (Å²) in [6.45, 7) is 0.633. The molecule has 0 heterocycles. The molecule has 0 aliphatic rings. The molecule has 0 bridgehead atoms. The molecule has 0 saturated heterocycles. The van der Waals surface area contributed by atoms with E-state index < -0.39 is 0 Å². The largest absolute Gasteiger partial charge is 0.458 e. The summed E-state index contributed by atoms with van der Waals surface area (Å²) in [6.07, 6.45) is 0. The lowest BCUT2D eigenvalue weighted by molar-refractivity contribution is 0.118. The van der Waals surface area contributed by atoms with Crippen LogP contribution in [0.15, 0.2) is 488 Å². The maximum Gasteiger partial charge on any atom is 0.230 e. The molecule has 0 unspecified atom stereocenters. The van der Waals surface area contributed by atoms with Gasteiger partial charge in [-0.3, -0.25) is 0 Å². The Morgan fingerprint density at radius 2 is 0.424 bits per heavy atom. The standard InChI is InChI=1S/C25H19BrIO2S.C25H19ClIO2S.2C25H20IO2S/c26-19-11-16-25(24(27)17-19)29-18-28-20-12-14-23(15-13-20)30(21-7-3-1-4-8-21)22-9-5-2-6-10-22;26-24-17-19(27)11-16-25(24)29-18-28-20-12-14-23(15-13-20)30(21-7-3-1-4-8-21)22-9-5-2-6-10-22;26-24-13-7-8-14-25(24)28-19-27-20-15-17-23(18-16-20)29(21-9-3-1-4-10-21)22-11-5-2-6-12-22;26-20-11-13-21(14-12-20)27-19-28-22-15-17-25(18-16-22)29(23-7-3-1-4-8-23)24-9-5-2-6-10-24/h2*1-17H,18H2;2*1-18H,19H2/q4*+1. The van der Waals surface area contributed by atoms with Crippen molar-refractivity contribution in [2.45, 2.75) is 58.7 Å². The summed E-state index contributed by atoms with van der Waals surface area (Å²) in [4.78, 5) is 15.4. The molecule has 0 radical (unpaired) electrons. The Bertz CT molecular complexity index is 5320. The first-order chi connectivity index (χ1) is 58.0. The van der Waals surface area contributed by atoms with E-state index in [2.05, 4.69) is 385 Å². The number of ether oxygens (including phenoxy) is 8. The molecule has 0 N–H and O–H groups in total. The van der Waals surface area contributed by atoms with E-state index in [1.807, 2.05) is 146 Å². The quantitative estimate of drug-likeness (QED) is 0.0273. The lowest BCUT2D eigenvalue weighted by atomic mass is 10.3. The van der Waals surface area contributed by atoms with Crippen molar-refractivity contribution in [2.24, 2.45) is 0 Å². The minimum absolute atomic E-state index is 0.0999. The fraction of sp³-hybridized carbons (Fsp3) is 0.0400. The molecule has 0 aliphatic heterocycles. The van der Waals surface area contributed by atoms with Gasteiger partial charge in [-0.1, -0.05) is 185 Å². The van der Waals surface area contributed by atoms with E-state index in [0.717, 1.165) is 55.4 Å². The van der Waals surface area contributed by atoms with Gasteiger partial charge in [0.25, 0.3) is 0 Å². The lowest BCUT2D eigenvalue weighted by Crippen LogP contribution is -2.07. The van der Waals surface area contributed by atoms with Crippen molar-refractivity contribution in [1.82, 2.24) is 0 Å². The van der Waals surface area contributed by atoms with Crippen molar-refractivity contribution in [1.29, 1.82) is 0 Å². The number of benzene rings is 16. The summed E-state index contributed by atoms with van der Waals surface area (Å²) >= 11 is 18.7. The van der Waals surface area contributed by atoms with Crippen LogP contribution in [-0.4, -0.2) is 27.2 Å².